The van der Waals surface area contributed by atoms with Gasteiger partial charge < -0.3 is 25.0 Å². The summed E-state index contributed by atoms with van der Waals surface area (Å²) in [4.78, 5) is 6.31. The maximum Gasteiger partial charge on any atom is 0.191 e. The third-order valence-corrected chi connectivity index (χ3v) is 4.71. The zero-order chi connectivity index (χ0) is 20.2. The van der Waals surface area contributed by atoms with E-state index in [-0.39, 0.29) is 5.82 Å². The van der Waals surface area contributed by atoms with Crippen LogP contribution in [-0.2, 0) is 16.0 Å². The molecule has 0 amide bonds. The maximum absolute atomic E-state index is 14.1. The molecule has 158 valence electrons. The van der Waals surface area contributed by atoms with E-state index in [0.717, 1.165) is 70.3 Å². The van der Waals surface area contributed by atoms with Crippen LogP contribution >= 0.6 is 0 Å². The molecule has 1 aromatic carbocycles. The lowest BCUT2D eigenvalue weighted by atomic mass is 10.0. The van der Waals surface area contributed by atoms with E-state index >= 15 is 0 Å². The van der Waals surface area contributed by atoms with Gasteiger partial charge in [0.15, 0.2) is 5.96 Å². The van der Waals surface area contributed by atoms with E-state index in [9.17, 15) is 4.39 Å². The number of nitrogens with one attached hydrogen (secondary N) is 2. The van der Waals surface area contributed by atoms with Crippen LogP contribution in [0.3, 0.4) is 0 Å². The van der Waals surface area contributed by atoms with Crippen LogP contribution in [0.1, 0.15) is 31.7 Å². The summed E-state index contributed by atoms with van der Waals surface area (Å²) in [6.45, 7) is 7.31. The molecule has 0 unspecified atom stereocenters. The van der Waals surface area contributed by atoms with Crippen LogP contribution in [0.4, 0.5) is 10.1 Å². The van der Waals surface area contributed by atoms with Crippen molar-refractivity contribution in [2.75, 3.05) is 58.5 Å². The Morgan fingerprint density at radius 2 is 2.07 bits per heavy atom. The Bertz CT molecular complexity index is 604. The van der Waals surface area contributed by atoms with E-state index in [0.29, 0.717) is 18.2 Å². The van der Waals surface area contributed by atoms with Crippen LogP contribution in [0, 0.1) is 11.7 Å². The molecule has 2 rings (SSSR count). The zero-order valence-electron chi connectivity index (χ0n) is 17.5. The molecule has 0 bridgehead atoms. The van der Waals surface area contributed by atoms with Crippen molar-refractivity contribution in [3.63, 3.8) is 0 Å². The summed E-state index contributed by atoms with van der Waals surface area (Å²) < 4.78 is 25.2. The fourth-order valence-corrected chi connectivity index (χ4v) is 3.07. The third-order valence-electron chi connectivity index (χ3n) is 4.71. The minimum Gasteiger partial charge on any atom is -0.381 e. The molecule has 2 N–H and O–H groups in total. The predicted octanol–water partition coefficient (Wildman–Crippen LogP) is 2.78. The van der Waals surface area contributed by atoms with Crippen LogP contribution < -0.4 is 15.5 Å². The Morgan fingerprint density at radius 3 is 2.75 bits per heavy atom. The first kappa shape index (κ1) is 22.4. The highest BCUT2D eigenvalue weighted by Crippen LogP contribution is 2.18. The van der Waals surface area contributed by atoms with Gasteiger partial charge in [-0.1, -0.05) is 6.07 Å². The first-order valence-electron chi connectivity index (χ1n) is 10.2. The van der Waals surface area contributed by atoms with Crippen molar-refractivity contribution in [1.29, 1.82) is 0 Å². The quantitative estimate of drug-likeness (QED) is 0.363. The standard InChI is InChI=1S/C21H35FN4O2/c1-4-23-21(24-10-5-11-28-16-17-8-12-27-13-9-17)25-15-18-6-7-20(26(2)3)19(22)14-18/h6-7,14,17H,4-5,8-13,15-16H2,1-3H3,(H2,23,24,25). The van der Waals surface area contributed by atoms with Crippen LogP contribution in [0.15, 0.2) is 23.2 Å². The van der Waals surface area contributed by atoms with Crippen molar-refractivity contribution in [2.24, 2.45) is 10.9 Å². The lowest BCUT2D eigenvalue weighted by Gasteiger charge is -2.21. The second-order valence-electron chi connectivity index (χ2n) is 7.29. The number of hydrogen-bond acceptors (Lipinski definition) is 4. The van der Waals surface area contributed by atoms with Gasteiger partial charge in [0.05, 0.1) is 12.2 Å². The fraction of sp³-hybridized carbons (Fsp3) is 0.667. The largest absolute Gasteiger partial charge is 0.381 e. The lowest BCUT2D eigenvalue weighted by molar-refractivity contribution is 0.0203. The molecule has 1 heterocycles. The molecule has 0 saturated carbocycles. The maximum atomic E-state index is 14.1. The van der Waals surface area contributed by atoms with Gasteiger partial charge in [0.25, 0.3) is 0 Å². The molecule has 0 aromatic heterocycles. The normalized spacial score (nSPS) is 15.5. The summed E-state index contributed by atoms with van der Waals surface area (Å²) in [7, 11) is 3.66. The van der Waals surface area contributed by atoms with Crippen LogP contribution in [0.2, 0.25) is 0 Å². The molecule has 28 heavy (non-hydrogen) atoms. The smallest absolute Gasteiger partial charge is 0.191 e. The molecular weight excluding hydrogens is 359 g/mol. The van der Waals surface area contributed by atoms with Gasteiger partial charge >= 0.3 is 0 Å². The minimum atomic E-state index is -0.225. The van der Waals surface area contributed by atoms with Gasteiger partial charge in [-0.05, 0) is 49.8 Å². The molecule has 1 fully saturated rings. The zero-order valence-corrected chi connectivity index (χ0v) is 17.5. The SMILES string of the molecule is CCNC(=NCc1ccc(N(C)C)c(F)c1)NCCCOCC1CCOCC1. The first-order valence-corrected chi connectivity index (χ1v) is 10.2. The molecule has 6 nitrogen and oxygen atoms in total. The number of rotatable bonds is 10. The van der Waals surface area contributed by atoms with Crippen LogP contribution in [0.5, 0.6) is 0 Å². The Labute approximate surface area is 168 Å². The third kappa shape index (κ3) is 8.02. The number of benzene rings is 1. The van der Waals surface area contributed by atoms with E-state index in [2.05, 4.69) is 15.6 Å². The van der Waals surface area contributed by atoms with Crippen molar-refractivity contribution >= 4 is 11.6 Å². The summed E-state index contributed by atoms with van der Waals surface area (Å²) in [6.07, 6.45) is 3.12. The lowest BCUT2D eigenvalue weighted by Crippen LogP contribution is -2.38. The van der Waals surface area contributed by atoms with E-state index in [4.69, 9.17) is 9.47 Å². The Kier molecular flexibility index (Phi) is 10.1. The molecular formula is C21H35FN4O2. The molecule has 1 aliphatic heterocycles. The second-order valence-corrected chi connectivity index (χ2v) is 7.29. The highest BCUT2D eigenvalue weighted by Gasteiger charge is 2.13. The molecule has 0 radical (unpaired) electrons. The summed E-state index contributed by atoms with van der Waals surface area (Å²) in [5.74, 6) is 1.15. The Hall–Kier alpha value is -1.86. The molecule has 0 spiro atoms. The van der Waals surface area contributed by atoms with Crippen molar-refractivity contribution in [1.82, 2.24) is 10.6 Å². The number of nitrogens with zero attached hydrogens (tertiary/aromatic N) is 2. The predicted molar refractivity (Wildman–Crippen MR) is 113 cm³/mol. The number of ether oxygens (including phenoxy) is 2. The van der Waals surface area contributed by atoms with Gasteiger partial charge in [0.2, 0.25) is 0 Å². The Balaban J connectivity index is 1.70. The van der Waals surface area contributed by atoms with Gasteiger partial charge in [-0.15, -0.1) is 0 Å². The number of hydrogen-bond donors (Lipinski definition) is 2. The molecule has 1 aliphatic rings. The summed E-state index contributed by atoms with van der Waals surface area (Å²) in [5, 5.41) is 6.53. The number of anilines is 1. The van der Waals surface area contributed by atoms with Gasteiger partial charge in [0, 0.05) is 53.6 Å². The van der Waals surface area contributed by atoms with E-state index in [1.807, 2.05) is 27.1 Å². The van der Waals surface area contributed by atoms with Crippen molar-refractivity contribution in [2.45, 2.75) is 32.7 Å². The van der Waals surface area contributed by atoms with Gasteiger partial charge in [0.1, 0.15) is 5.82 Å². The summed E-state index contributed by atoms with van der Waals surface area (Å²) in [6, 6.07) is 5.25. The van der Waals surface area contributed by atoms with E-state index < -0.39 is 0 Å². The minimum absolute atomic E-state index is 0.225. The highest BCUT2D eigenvalue weighted by molar-refractivity contribution is 5.79. The van der Waals surface area contributed by atoms with Gasteiger partial charge in [-0.3, -0.25) is 0 Å². The monoisotopic (exact) mass is 394 g/mol. The van der Waals surface area contributed by atoms with Crippen LogP contribution in [0.25, 0.3) is 0 Å². The van der Waals surface area contributed by atoms with E-state index in [1.54, 1.807) is 17.0 Å². The summed E-state index contributed by atoms with van der Waals surface area (Å²) in [5.41, 5.74) is 1.43. The number of guanidine groups is 1. The molecule has 1 saturated heterocycles. The van der Waals surface area contributed by atoms with E-state index in [1.165, 1.54) is 0 Å². The topological polar surface area (TPSA) is 58.1 Å². The average Bonchev–Trinajstić information content (AvgIpc) is 2.69. The molecule has 0 atom stereocenters. The number of aliphatic imine (C=N–C) groups is 1. The second kappa shape index (κ2) is 12.6. The first-order chi connectivity index (χ1) is 13.6. The molecule has 7 heteroatoms. The van der Waals surface area contributed by atoms with Crippen molar-refractivity contribution < 1.29 is 13.9 Å². The van der Waals surface area contributed by atoms with Gasteiger partial charge in [-0.25, -0.2) is 9.38 Å². The molecule has 1 aromatic rings. The average molecular weight is 395 g/mol. The molecule has 0 aliphatic carbocycles. The highest BCUT2D eigenvalue weighted by atomic mass is 19.1. The van der Waals surface area contributed by atoms with Gasteiger partial charge in [-0.2, -0.15) is 0 Å². The summed E-state index contributed by atoms with van der Waals surface area (Å²) >= 11 is 0. The van der Waals surface area contributed by atoms with Crippen molar-refractivity contribution in [3.05, 3.63) is 29.6 Å². The van der Waals surface area contributed by atoms with Crippen LogP contribution in [-0.4, -0.2) is 59.6 Å². The van der Waals surface area contributed by atoms with Crippen molar-refractivity contribution in [3.8, 4) is 0 Å². The fourth-order valence-electron chi connectivity index (χ4n) is 3.07. The Morgan fingerprint density at radius 1 is 1.29 bits per heavy atom. The number of halogens is 1.